The van der Waals surface area contributed by atoms with Crippen LogP contribution in [0.25, 0.3) is 10.8 Å². The van der Waals surface area contributed by atoms with Crippen LogP contribution in [-0.4, -0.2) is 81.5 Å². The van der Waals surface area contributed by atoms with Crippen LogP contribution in [0.5, 0.6) is 0 Å². The Bertz CT molecular complexity index is 1330. The summed E-state index contributed by atoms with van der Waals surface area (Å²) in [4.78, 5) is 47.2. The molecule has 6 rings (SSSR count). The number of anilines is 1. The summed E-state index contributed by atoms with van der Waals surface area (Å²) in [5.41, 5.74) is 0.771. The molecule has 37 heavy (non-hydrogen) atoms. The van der Waals surface area contributed by atoms with Gasteiger partial charge in [0, 0.05) is 37.1 Å². The van der Waals surface area contributed by atoms with E-state index in [1.54, 1.807) is 16.7 Å². The lowest BCUT2D eigenvalue weighted by Crippen LogP contribution is -2.53. The van der Waals surface area contributed by atoms with Crippen molar-refractivity contribution in [3.63, 3.8) is 0 Å². The maximum atomic E-state index is 14.3. The summed E-state index contributed by atoms with van der Waals surface area (Å²) >= 11 is 1.57. The van der Waals surface area contributed by atoms with Crippen LogP contribution < -0.4 is 4.90 Å². The van der Waals surface area contributed by atoms with E-state index in [4.69, 9.17) is 0 Å². The first kappa shape index (κ1) is 24.2. The zero-order valence-electron chi connectivity index (χ0n) is 20.8. The number of likely N-dealkylation sites (tertiary alicyclic amines) is 1. The lowest BCUT2D eigenvalue weighted by atomic mass is 9.78. The summed E-state index contributed by atoms with van der Waals surface area (Å²) in [6.45, 7) is 3.42. The van der Waals surface area contributed by atoms with Crippen molar-refractivity contribution in [2.24, 2.45) is 11.8 Å². The first-order valence-corrected chi connectivity index (χ1v) is 13.9. The van der Waals surface area contributed by atoms with Crippen LogP contribution in [0.4, 0.5) is 5.69 Å². The number of carbonyl (C=O) groups excluding carboxylic acids is 3. The molecule has 2 aromatic carbocycles. The molecule has 0 aliphatic carbocycles. The average Bonchev–Trinajstić information content (AvgIpc) is 3.21. The second-order valence-corrected chi connectivity index (χ2v) is 11.7. The third kappa shape index (κ3) is 3.64. The summed E-state index contributed by atoms with van der Waals surface area (Å²) in [5, 5.41) is 11.8. The van der Waals surface area contributed by atoms with Gasteiger partial charge < -0.3 is 19.8 Å². The molecule has 2 saturated heterocycles. The smallest absolute Gasteiger partial charge is 0.251 e. The van der Waals surface area contributed by atoms with Gasteiger partial charge in [-0.25, -0.2) is 0 Å². The minimum atomic E-state index is -0.862. The molecule has 192 valence electrons. The number of rotatable bonds is 5. The standard InChI is InChI=1S/C29H31N3O4S/c1-2-13-30-14-5-9-22-23(26(30)34)24-27(35)32(16-17-33)25-28(36)31(15-6-12-29(24,25)37-22)21-11-10-19-7-3-4-8-20(19)18-21/h3-12,18,22-25,33H,2,13-17H2,1H3/t22-,23+,24-,25?,29-/m0/s1. The Balaban J connectivity index is 1.43. The van der Waals surface area contributed by atoms with Crippen molar-refractivity contribution in [1.29, 1.82) is 0 Å². The van der Waals surface area contributed by atoms with Crippen molar-refractivity contribution in [2.45, 2.75) is 29.4 Å². The minimum absolute atomic E-state index is 0.0133. The van der Waals surface area contributed by atoms with Crippen molar-refractivity contribution in [3.8, 4) is 0 Å². The molecular weight excluding hydrogens is 486 g/mol. The van der Waals surface area contributed by atoms with Crippen LogP contribution in [0, 0.1) is 11.8 Å². The molecule has 3 amide bonds. The molecule has 1 unspecified atom stereocenters. The molecule has 1 spiro atoms. The summed E-state index contributed by atoms with van der Waals surface area (Å²) in [6.07, 6.45) is 8.91. The average molecular weight is 518 g/mol. The Morgan fingerprint density at radius 1 is 0.973 bits per heavy atom. The van der Waals surface area contributed by atoms with Crippen LogP contribution in [0.3, 0.4) is 0 Å². The van der Waals surface area contributed by atoms with Crippen LogP contribution in [0.15, 0.2) is 66.8 Å². The zero-order chi connectivity index (χ0) is 25.7. The minimum Gasteiger partial charge on any atom is -0.395 e. The highest BCUT2D eigenvalue weighted by atomic mass is 32.2. The largest absolute Gasteiger partial charge is 0.395 e. The van der Waals surface area contributed by atoms with E-state index in [1.165, 1.54) is 4.90 Å². The molecule has 4 aliphatic rings. The molecule has 7 nitrogen and oxygen atoms in total. The molecule has 4 aliphatic heterocycles. The molecule has 5 atom stereocenters. The number of benzene rings is 2. The van der Waals surface area contributed by atoms with E-state index < -0.39 is 22.6 Å². The molecule has 4 heterocycles. The Labute approximate surface area is 220 Å². The van der Waals surface area contributed by atoms with Crippen LogP contribution in [-0.2, 0) is 14.4 Å². The monoisotopic (exact) mass is 517 g/mol. The van der Waals surface area contributed by atoms with Crippen molar-refractivity contribution in [1.82, 2.24) is 9.80 Å². The predicted molar refractivity (Wildman–Crippen MR) is 145 cm³/mol. The van der Waals surface area contributed by atoms with Gasteiger partial charge in [-0.1, -0.05) is 61.6 Å². The number of amides is 3. The predicted octanol–water partition coefficient (Wildman–Crippen LogP) is 2.84. The van der Waals surface area contributed by atoms with Gasteiger partial charge in [0.25, 0.3) is 5.91 Å². The SMILES string of the molecule is CCCN1CC=C[C@@H]2S[C@]34C=CCN(c5ccc6ccccc6c5)C(=O)C3N(CCO)C(=O)[C@@H]4[C@@H]2C1=O. The number of hydrogen-bond acceptors (Lipinski definition) is 5. The quantitative estimate of drug-likeness (QED) is 0.617. The fourth-order valence-corrected chi connectivity index (χ4v) is 8.59. The molecule has 2 fully saturated rings. The number of fused-ring (bicyclic) bond motifs is 3. The highest BCUT2D eigenvalue weighted by molar-refractivity contribution is 8.02. The van der Waals surface area contributed by atoms with E-state index in [9.17, 15) is 19.5 Å². The van der Waals surface area contributed by atoms with Gasteiger partial charge in [-0.2, -0.15) is 0 Å². The topological polar surface area (TPSA) is 81.2 Å². The summed E-state index contributed by atoms with van der Waals surface area (Å²) < 4.78 is -0.862. The van der Waals surface area contributed by atoms with E-state index in [1.807, 2.05) is 72.5 Å². The maximum Gasteiger partial charge on any atom is 0.251 e. The van der Waals surface area contributed by atoms with E-state index >= 15 is 0 Å². The maximum absolute atomic E-state index is 14.3. The summed E-state index contributed by atoms with van der Waals surface area (Å²) in [7, 11) is 0. The number of aliphatic hydroxyl groups excluding tert-OH is 1. The molecular formula is C29H31N3O4S. The van der Waals surface area contributed by atoms with E-state index in [0.29, 0.717) is 19.6 Å². The van der Waals surface area contributed by atoms with Crippen LogP contribution in [0.1, 0.15) is 13.3 Å². The summed E-state index contributed by atoms with van der Waals surface area (Å²) in [5.74, 6) is -1.57. The van der Waals surface area contributed by atoms with Gasteiger partial charge in [-0.15, -0.1) is 11.8 Å². The third-order valence-electron chi connectivity index (χ3n) is 8.12. The van der Waals surface area contributed by atoms with Crippen molar-refractivity contribution in [2.75, 3.05) is 37.7 Å². The lowest BCUT2D eigenvalue weighted by molar-refractivity contribution is -0.143. The van der Waals surface area contributed by atoms with Crippen molar-refractivity contribution >= 4 is 45.9 Å². The highest BCUT2D eigenvalue weighted by Crippen LogP contribution is 2.61. The van der Waals surface area contributed by atoms with Crippen LogP contribution >= 0.6 is 11.8 Å². The van der Waals surface area contributed by atoms with Gasteiger partial charge in [0.15, 0.2) is 0 Å². The third-order valence-corrected chi connectivity index (χ3v) is 9.87. The number of β-amino-alcohol motifs (C(OH)–C–C–N with tert-alkyl or cyclic N) is 1. The van der Waals surface area contributed by atoms with Crippen LogP contribution in [0.2, 0.25) is 0 Å². The Hall–Kier alpha value is -3.10. The van der Waals surface area contributed by atoms with Gasteiger partial charge in [0.2, 0.25) is 11.8 Å². The normalized spacial score (nSPS) is 31.0. The highest BCUT2D eigenvalue weighted by Gasteiger charge is 2.70. The number of aliphatic hydroxyl groups is 1. The second-order valence-electron chi connectivity index (χ2n) is 10.2. The fraction of sp³-hybridized carbons (Fsp3) is 0.414. The summed E-state index contributed by atoms with van der Waals surface area (Å²) in [6, 6.07) is 13.2. The van der Waals surface area contributed by atoms with E-state index in [-0.39, 0.29) is 36.1 Å². The second kappa shape index (κ2) is 9.33. The molecule has 0 saturated carbocycles. The van der Waals surface area contributed by atoms with Gasteiger partial charge in [0.05, 0.1) is 23.2 Å². The first-order chi connectivity index (χ1) is 18.0. The molecule has 8 heteroatoms. The van der Waals surface area contributed by atoms with E-state index in [2.05, 4.69) is 6.08 Å². The molecule has 1 N–H and O–H groups in total. The number of carbonyl (C=O) groups is 3. The van der Waals surface area contributed by atoms with Gasteiger partial charge in [0.1, 0.15) is 6.04 Å². The molecule has 2 aromatic rings. The molecule has 0 bridgehead atoms. The Kier molecular flexibility index (Phi) is 6.12. The van der Waals surface area contributed by atoms with Gasteiger partial charge in [-0.3, -0.25) is 14.4 Å². The van der Waals surface area contributed by atoms with Crippen molar-refractivity contribution in [3.05, 3.63) is 66.8 Å². The fourth-order valence-electron chi connectivity index (χ4n) is 6.58. The number of nitrogens with zero attached hydrogens (tertiary/aromatic N) is 3. The first-order valence-electron chi connectivity index (χ1n) is 13.0. The van der Waals surface area contributed by atoms with Gasteiger partial charge >= 0.3 is 0 Å². The molecule has 0 radical (unpaired) electrons. The number of hydrogen-bond donors (Lipinski definition) is 1. The Morgan fingerprint density at radius 2 is 1.78 bits per heavy atom. The van der Waals surface area contributed by atoms with E-state index in [0.717, 1.165) is 22.9 Å². The Morgan fingerprint density at radius 3 is 2.57 bits per heavy atom. The van der Waals surface area contributed by atoms with Gasteiger partial charge in [-0.05, 0) is 29.3 Å². The molecule has 0 aromatic heterocycles. The number of thioether (sulfide) groups is 1. The zero-order valence-corrected chi connectivity index (χ0v) is 21.6. The lowest BCUT2D eigenvalue weighted by Gasteiger charge is -2.35. The van der Waals surface area contributed by atoms with Crippen molar-refractivity contribution < 1.29 is 19.5 Å².